The van der Waals surface area contributed by atoms with Crippen LogP contribution in [-0.2, 0) is 14.8 Å². The van der Waals surface area contributed by atoms with Gasteiger partial charge in [0.1, 0.15) is 0 Å². The molecule has 0 fully saturated rings. The van der Waals surface area contributed by atoms with Gasteiger partial charge in [-0.15, -0.1) is 0 Å². The smallest absolute Gasteiger partial charge is 0.303 e. The number of carboxylic acid groups (broad SMARTS) is 1. The first kappa shape index (κ1) is 14.3. The third-order valence-corrected chi connectivity index (χ3v) is 3.20. The van der Waals surface area contributed by atoms with E-state index >= 15 is 0 Å². The van der Waals surface area contributed by atoms with Crippen LogP contribution in [0.5, 0.6) is 0 Å². The van der Waals surface area contributed by atoms with Gasteiger partial charge in [0.05, 0.1) is 5.75 Å². The molecule has 0 aromatic rings. The molecule has 0 aliphatic carbocycles. The number of carboxylic acids is 1. The molecule has 0 heterocycles. The maximum Gasteiger partial charge on any atom is 0.303 e. The Bertz CT molecular complexity index is 287. The summed E-state index contributed by atoms with van der Waals surface area (Å²) < 4.78 is 24.9. The van der Waals surface area contributed by atoms with E-state index in [1.807, 2.05) is 0 Å². The van der Waals surface area contributed by atoms with E-state index in [1.165, 1.54) is 0 Å². The van der Waals surface area contributed by atoms with Crippen LogP contribution in [0.3, 0.4) is 0 Å². The average Bonchev–Trinajstić information content (AvgIpc) is 2.01. The van der Waals surface area contributed by atoms with Crippen molar-refractivity contribution < 1.29 is 18.3 Å². The van der Waals surface area contributed by atoms with Gasteiger partial charge in [-0.25, -0.2) is 13.1 Å². The summed E-state index contributed by atoms with van der Waals surface area (Å²) in [7, 11) is -3.34. The summed E-state index contributed by atoms with van der Waals surface area (Å²) in [5.41, 5.74) is 5.45. The van der Waals surface area contributed by atoms with E-state index in [1.54, 1.807) is 6.92 Å². The summed E-state index contributed by atoms with van der Waals surface area (Å²) in [6.07, 6.45) is 0.565. The molecule has 0 amide bonds. The third-order valence-electron chi connectivity index (χ3n) is 1.73. The largest absolute Gasteiger partial charge is 0.481 e. The molecule has 6 nitrogen and oxygen atoms in total. The lowest BCUT2D eigenvalue weighted by molar-refractivity contribution is -0.137. The van der Waals surface area contributed by atoms with E-state index in [9.17, 15) is 13.2 Å². The highest BCUT2D eigenvalue weighted by Gasteiger charge is 2.10. The number of hydrogen-bond donors (Lipinski definition) is 3. The molecule has 4 N–H and O–H groups in total. The lowest BCUT2D eigenvalue weighted by Gasteiger charge is -2.07. The Balaban J connectivity index is 3.73. The van der Waals surface area contributed by atoms with Crippen molar-refractivity contribution in [2.75, 3.05) is 12.3 Å². The third kappa shape index (κ3) is 9.64. The van der Waals surface area contributed by atoms with Crippen molar-refractivity contribution in [2.45, 2.75) is 32.2 Å². The van der Waals surface area contributed by atoms with Crippen molar-refractivity contribution in [3.63, 3.8) is 0 Å². The van der Waals surface area contributed by atoms with Gasteiger partial charge in [0.15, 0.2) is 0 Å². The van der Waals surface area contributed by atoms with Crippen LogP contribution >= 0.6 is 0 Å². The molecular weight excluding hydrogens is 220 g/mol. The number of carbonyl (C=O) groups is 1. The monoisotopic (exact) mass is 238 g/mol. The Morgan fingerprint density at radius 3 is 2.60 bits per heavy atom. The molecule has 0 aromatic heterocycles. The molecule has 15 heavy (non-hydrogen) atoms. The summed E-state index contributed by atoms with van der Waals surface area (Å²) in [4.78, 5) is 10.2. The predicted molar refractivity (Wildman–Crippen MR) is 56.9 cm³/mol. The molecule has 90 valence electrons. The van der Waals surface area contributed by atoms with Crippen molar-refractivity contribution in [3.8, 4) is 0 Å². The molecule has 0 aliphatic rings. The van der Waals surface area contributed by atoms with Crippen molar-refractivity contribution in [2.24, 2.45) is 5.73 Å². The van der Waals surface area contributed by atoms with Crippen molar-refractivity contribution in [3.05, 3.63) is 0 Å². The Morgan fingerprint density at radius 2 is 2.13 bits per heavy atom. The Kier molecular flexibility index (Phi) is 6.46. The molecule has 7 heteroatoms. The maximum absolute atomic E-state index is 11.2. The maximum atomic E-state index is 11.2. The first-order chi connectivity index (χ1) is 6.83. The van der Waals surface area contributed by atoms with Crippen LogP contribution in [0.25, 0.3) is 0 Å². The minimum atomic E-state index is -3.34. The molecule has 1 unspecified atom stereocenters. The van der Waals surface area contributed by atoms with Gasteiger partial charge in [0.25, 0.3) is 0 Å². The van der Waals surface area contributed by atoms with E-state index < -0.39 is 16.0 Å². The Hall–Kier alpha value is -0.660. The number of aliphatic carboxylic acids is 1. The van der Waals surface area contributed by atoms with Crippen LogP contribution in [0.4, 0.5) is 0 Å². The van der Waals surface area contributed by atoms with Gasteiger partial charge in [-0.3, -0.25) is 4.79 Å². The highest BCUT2D eigenvalue weighted by Crippen LogP contribution is 1.95. The normalized spacial score (nSPS) is 13.7. The molecule has 0 spiro atoms. The minimum absolute atomic E-state index is 0.0493. The van der Waals surface area contributed by atoms with E-state index in [-0.39, 0.29) is 24.6 Å². The SMILES string of the molecule is CC(N)CCNS(=O)(=O)CCCC(=O)O. The second-order valence-corrected chi connectivity index (χ2v) is 5.40. The summed E-state index contributed by atoms with van der Waals surface area (Å²) in [5.74, 6) is -1.14. The topological polar surface area (TPSA) is 109 Å². The van der Waals surface area contributed by atoms with Gasteiger partial charge in [-0.2, -0.15) is 0 Å². The van der Waals surface area contributed by atoms with E-state index in [2.05, 4.69) is 4.72 Å². The fourth-order valence-electron chi connectivity index (χ4n) is 0.928. The zero-order chi connectivity index (χ0) is 11.9. The van der Waals surface area contributed by atoms with Crippen molar-refractivity contribution >= 4 is 16.0 Å². The standard InChI is InChI=1S/C8H18N2O4S/c1-7(9)4-5-10-15(13,14)6-2-3-8(11)12/h7,10H,2-6,9H2,1H3,(H,11,12). The summed E-state index contributed by atoms with van der Waals surface area (Å²) in [6, 6.07) is -0.0493. The quantitative estimate of drug-likeness (QED) is 0.528. The number of hydrogen-bond acceptors (Lipinski definition) is 4. The zero-order valence-corrected chi connectivity index (χ0v) is 9.59. The molecule has 0 saturated carbocycles. The van der Waals surface area contributed by atoms with Gasteiger partial charge in [0, 0.05) is 19.0 Å². The lowest BCUT2D eigenvalue weighted by Crippen LogP contribution is -2.30. The van der Waals surface area contributed by atoms with Gasteiger partial charge in [-0.1, -0.05) is 0 Å². The minimum Gasteiger partial charge on any atom is -0.481 e. The molecule has 0 bridgehead atoms. The van der Waals surface area contributed by atoms with Gasteiger partial charge >= 0.3 is 5.97 Å². The van der Waals surface area contributed by atoms with Crippen LogP contribution in [0, 0.1) is 0 Å². The van der Waals surface area contributed by atoms with E-state index in [0.29, 0.717) is 13.0 Å². The molecular formula is C8H18N2O4S. The Morgan fingerprint density at radius 1 is 1.53 bits per heavy atom. The molecule has 0 radical (unpaired) electrons. The van der Waals surface area contributed by atoms with Crippen LogP contribution in [0.2, 0.25) is 0 Å². The summed E-state index contributed by atoms with van der Waals surface area (Å²) >= 11 is 0. The van der Waals surface area contributed by atoms with E-state index in [4.69, 9.17) is 10.8 Å². The van der Waals surface area contributed by atoms with Crippen LogP contribution < -0.4 is 10.5 Å². The van der Waals surface area contributed by atoms with Crippen LogP contribution in [0.1, 0.15) is 26.2 Å². The molecule has 0 rings (SSSR count). The molecule has 0 aromatic carbocycles. The fraction of sp³-hybridized carbons (Fsp3) is 0.875. The number of nitrogens with one attached hydrogen (secondary N) is 1. The molecule has 1 atom stereocenters. The van der Waals surface area contributed by atoms with Crippen molar-refractivity contribution in [1.29, 1.82) is 0 Å². The first-order valence-electron chi connectivity index (χ1n) is 4.78. The highest BCUT2D eigenvalue weighted by atomic mass is 32.2. The zero-order valence-electron chi connectivity index (χ0n) is 8.77. The molecule has 0 saturated heterocycles. The summed E-state index contributed by atoms with van der Waals surface area (Å²) in [5, 5.41) is 8.33. The number of nitrogens with two attached hydrogens (primary N) is 1. The molecule has 0 aliphatic heterocycles. The fourth-order valence-corrected chi connectivity index (χ4v) is 2.03. The van der Waals surface area contributed by atoms with Crippen molar-refractivity contribution in [1.82, 2.24) is 4.72 Å². The number of sulfonamides is 1. The van der Waals surface area contributed by atoms with Crippen LogP contribution in [0.15, 0.2) is 0 Å². The second-order valence-electron chi connectivity index (χ2n) is 3.48. The van der Waals surface area contributed by atoms with Gasteiger partial charge < -0.3 is 10.8 Å². The lowest BCUT2D eigenvalue weighted by atomic mass is 10.3. The summed E-state index contributed by atoms with van der Waals surface area (Å²) in [6.45, 7) is 2.09. The second kappa shape index (κ2) is 6.76. The average molecular weight is 238 g/mol. The first-order valence-corrected chi connectivity index (χ1v) is 6.43. The Labute approximate surface area is 89.9 Å². The number of rotatable bonds is 8. The predicted octanol–water partition coefficient (Wildman–Crippen LogP) is -0.492. The highest BCUT2D eigenvalue weighted by molar-refractivity contribution is 7.89. The van der Waals surface area contributed by atoms with Gasteiger partial charge in [0.2, 0.25) is 10.0 Å². The van der Waals surface area contributed by atoms with E-state index in [0.717, 1.165) is 0 Å². The van der Waals surface area contributed by atoms with Gasteiger partial charge in [-0.05, 0) is 19.8 Å². The van der Waals surface area contributed by atoms with Crippen LogP contribution in [-0.4, -0.2) is 37.8 Å².